The van der Waals surface area contributed by atoms with Crippen LogP contribution in [0.1, 0.15) is 51.2 Å². The lowest BCUT2D eigenvalue weighted by Crippen LogP contribution is -2.30. The van der Waals surface area contributed by atoms with Crippen LogP contribution in [0.15, 0.2) is 4.52 Å². The van der Waals surface area contributed by atoms with Crippen LogP contribution in [0.5, 0.6) is 0 Å². The second-order valence-electron chi connectivity index (χ2n) is 5.38. The molecule has 1 aliphatic carbocycles. The van der Waals surface area contributed by atoms with E-state index in [0.717, 1.165) is 18.0 Å². The van der Waals surface area contributed by atoms with Gasteiger partial charge in [-0.3, -0.25) is 0 Å². The maximum Gasteiger partial charge on any atom is 0.228 e. The van der Waals surface area contributed by atoms with Crippen LogP contribution < -0.4 is 5.73 Å². The zero-order valence-electron chi connectivity index (χ0n) is 11.3. The Morgan fingerprint density at radius 2 is 2.11 bits per heavy atom. The van der Waals surface area contributed by atoms with E-state index in [4.69, 9.17) is 10.3 Å². The number of hydrogen-bond donors (Lipinski definition) is 1. The number of rotatable bonds is 6. The molecule has 1 aliphatic rings. The van der Waals surface area contributed by atoms with E-state index in [9.17, 15) is 0 Å². The van der Waals surface area contributed by atoms with Crippen molar-refractivity contribution in [2.24, 2.45) is 11.7 Å². The quantitative estimate of drug-likeness (QED) is 0.860. The topological polar surface area (TPSA) is 64.9 Å². The zero-order valence-corrected chi connectivity index (χ0v) is 12.1. The van der Waals surface area contributed by atoms with Crippen molar-refractivity contribution in [1.82, 2.24) is 10.1 Å². The van der Waals surface area contributed by atoms with Gasteiger partial charge in [0.1, 0.15) is 0 Å². The van der Waals surface area contributed by atoms with Crippen LogP contribution in [0.4, 0.5) is 0 Å². The molecule has 1 saturated carbocycles. The molecule has 4 nitrogen and oxygen atoms in total. The predicted octanol–water partition coefficient (Wildman–Crippen LogP) is 2.77. The third kappa shape index (κ3) is 3.99. The molecule has 0 amide bonds. The molecule has 2 rings (SSSR count). The highest BCUT2D eigenvalue weighted by Gasteiger charge is 2.23. The normalized spacial score (nSPS) is 18.7. The first-order chi connectivity index (χ1) is 8.65. The zero-order chi connectivity index (χ0) is 13.0. The highest BCUT2D eigenvalue weighted by atomic mass is 32.2. The summed E-state index contributed by atoms with van der Waals surface area (Å²) >= 11 is 1.83. The van der Waals surface area contributed by atoms with E-state index in [2.05, 4.69) is 24.0 Å². The third-order valence-electron chi connectivity index (χ3n) is 3.47. The summed E-state index contributed by atoms with van der Waals surface area (Å²) < 4.78 is 5.27. The fraction of sp³-hybridized carbons (Fsp3) is 0.846. The SMILES string of the molecule is CC(C)SCc1noc(CC(N)C2CCCC2)n1. The number of thioether (sulfide) groups is 1. The molecule has 1 unspecified atom stereocenters. The minimum absolute atomic E-state index is 0.179. The van der Waals surface area contributed by atoms with Crippen molar-refractivity contribution in [2.45, 2.75) is 63.0 Å². The molecule has 1 fully saturated rings. The Hall–Kier alpha value is -0.550. The van der Waals surface area contributed by atoms with Gasteiger partial charge in [-0.15, -0.1) is 0 Å². The van der Waals surface area contributed by atoms with Gasteiger partial charge < -0.3 is 10.3 Å². The average Bonchev–Trinajstić information content (AvgIpc) is 2.97. The smallest absolute Gasteiger partial charge is 0.228 e. The van der Waals surface area contributed by atoms with Crippen molar-refractivity contribution in [3.63, 3.8) is 0 Å². The Morgan fingerprint density at radius 1 is 1.39 bits per heavy atom. The molecule has 102 valence electrons. The van der Waals surface area contributed by atoms with Gasteiger partial charge in [-0.1, -0.05) is 31.8 Å². The summed E-state index contributed by atoms with van der Waals surface area (Å²) in [7, 11) is 0. The van der Waals surface area contributed by atoms with E-state index >= 15 is 0 Å². The Kier molecular flexibility index (Phi) is 5.06. The summed E-state index contributed by atoms with van der Waals surface area (Å²) in [4.78, 5) is 4.41. The first-order valence-corrected chi connectivity index (χ1v) is 7.88. The standard InChI is InChI=1S/C13H23N3OS/c1-9(2)18-8-12-15-13(17-16-12)7-11(14)10-5-3-4-6-10/h9-11H,3-8,14H2,1-2H3. The van der Waals surface area contributed by atoms with Crippen LogP contribution in [0.2, 0.25) is 0 Å². The van der Waals surface area contributed by atoms with Gasteiger partial charge in [0.2, 0.25) is 5.89 Å². The number of aromatic nitrogens is 2. The van der Waals surface area contributed by atoms with Crippen LogP contribution in [0.3, 0.4) is 0 Å². The van der Waals surface area contributed by atoms with Gasteiger partial charge in [0, 0.05) is 12.5 Å². The second kappa shape index (κ2) is 6.57. The van der Waals surface area contributed by atoms with E-state index in [1.54, 1.807) is 0 Å². The maximum absolute atomic E-state index is 6.21. The van der Waals surface area contributed by atoms with E-state index in [1.807, 2.05) is 11.8 Å². The Balaban J connectivity index is 1.82. The fourth-order valence-corrected chi connectivity index (χ4v) is 3.03. The molecule has 18 heavy (non-hydrogen) atoms. The Labute approximate surface area is 113 Å². The number of nitrogens with two attached hydrogens (primary N) is 1. The molecular formula is C13H23N3OS. The lowest BCUT2D eigenvalue weighted by Gasteiger charge is -2.16. The van der Waals surface area contributed by atoms with E-state index < -0.39 is 0 Å². The molecule has 0 aromatic carbocycles. The Bertz CT molecular complexity index is 361. The fourth-order valence-electron chi connectivity index (χ4n) is 2.43. The lowest BCUT2D eigenvalue weighted by atomic mass is 9.96. The molecule has 0 spiro atoms. The van der Waals surface area contributed by atoms with Crippen molar-refractivity contribution in [1.29, 1.82) is 0 Å². The summed E-state index contributed by atoms with van der Waals surface area (Å²) in [6.45, 7) is 4.34. The number of nitrogens with zero attached hydrogens (tertiary/aromatic N) is 2. The van der Waals surface area contributed by atoms with Crippen molar-refractivity contribution in [2.75, 3.05) is 0 Å². The highest BCUT2D eigenvalue weighted by Crippen LogP contribution is 2.28. The van der Waals surface area contributed by atoms with Gasteiger partial charge in [-0.25, -0.2) is 0 Å². The van der Waals surface area contributed by atoms with E-state index in [-0.39, 0.29) is 6.04 Å². The molecule has 1 atom stereocenters. The summed E-state index contributed by atoms with van der Waals surface area (Å²) in [5.74, 6) is 2.96. The highest BCUT2D eigenvalue weighted by molar-refractivity contribution is 7.99. The first-order valence-electron chi connectivity index (χ1n) is 6.84. The molecule has 5 heteroatoms. The monoisotopic (exact) mass is 269 g/mol. The Morgan fingerprint density at radius 3 is 2.78 bits per heavy atom. The molecule has 0 radical (unpaired) electrons. The molecule has 0 aliphatic heterocycles. The van der Waals surface area contributed by atoms with Gasteiger partial charge in [-0.05, 0) is 24.0 Å². The van der Waals surface area contributed by atoms with Gasteiger partial charge in [-0.2, -0.15) is 16.7 Å². The molecule has 0 bridgehead atoms. The molecule has 1 heterocycles. The van der Waals surface area contributed by atoms with Crippen molar-refractivity contribution < 1.29 is 4.52 Å². The largest absolute Gasteiger partial charge is 0.339 e. The maximum atomic E-state index is 6.21. The molecule has 1 aromatic rings. The minimum Gasteiger partial charge on any atom is -0.339 e. The van der Waals surface area contributed by atoms with Crippen molar-refractivity contribution in [3.05, 3.63) is 11.7 Å². The minimum atomic E-state index is 0.179. The lowest BCUT2D eigenvalue weighted by molar-refractivity contribution is 0.339. The van der Waals surface area contributed by atoms with Crippen LogP contribution in [-0.2, 0) is 12.2 Å². The molecule has 1 aromatic heterocycles. The van der Waals surface area contributed by atoms with E-state index in [0.29, 0.717) is 17.1 Å². The molecule has 0 saturated heterocycles. The van der Waals surface area contributed by atoms with Gasteiger partial charge >= 0.3 is 0 Å². The average molecular weight is 269 g/mol. The van der Waals surface area contributed by atoms with Gasteiger partial charge in [0.15, 0.2) is 5.82 Å². The first kappa shape index (κ1) is 13.9. The van der Waals surface area contributed by atoms with Crippen molar-refractivity contribution >= 4 is 11.8 Å². The summed E-state index contributed by atoms with van der Waals surface area (Å²) in [5.41, 5.74) is 6.21. The summed E-state index contributed by atoms with van der Waals surface area (Å²) in [5, 5.41) is 4.60. The molecular weight excluding hydrogens is 246 g/mol. The summed E-state index contributed by atoms with van der Waals surface area (Å²) in [6, 6.07) is 0.179. The van der Waals surface area contributed by atoms with Crippen LogP contribution in [-0.4, -0.2) is 21.4 Å². The summed E-state index contributed by atoms with van der Waals surface area (Å²) in [6.07, 6.45) is 5.87. The van der Waals surface area contributed by atoms with Crippen LogP contribution >= 0.6 is 11.8 Å². The van der Waals surface area contributed by atoms with Gasteiger partial charge in [0.25, 0.3) is 0 Å². The van der Waals surface area contributed by atoms with Crippen LogP contribution in [0.25, 0.3) is 0 Å². The van der Waals surface area contributed by atoms with Crippen LogP contribution in [0, 0.1) is 5.92 Å². The van der Waals surface area contributed by atoms with Gasteiger partial charge in [0.05, 0.1) is 5.75 Å². The molecule has 2 N–H and O–H groups in total. The van der Waals surface area contributed by atoms with E-state index in [1.165, 1.54) is 25.7 Å². The number of hydrogen-bond acceptors (Lipinski definition) is 5. The van der Waals surface area contributed by atoms with Crippen molar-refractivity contribution in [3.8, 4) is 0 Å². The third-order valence-corrected chi connectivity index (χ3v) is 4.56. The second-order valence-corrected chi connectivity index (χ2v) is 6.94. The predicted molar refractivity (Wildman–Crippen MR) is 74.4 cm³/mol.